The minimum atomic E-state index is -0.605. The number of carbonyl (C=O) groups excluding carboxylic acids is 1. The fourth-order valence-corrected chi connectivity index (χ4v) is 4.58. The standard InChI is InChI=1S/C25H28N4O4S/c1-15(2)33-23(30)21-16(3)26-24-27-25(34-14-17-9-7-6-8-10-17)28-29(24)22(21)19-13-18(31-4)11-12-20(19)32-5/h6-13,15,22H,14H2,1-5H3,(H,26,27,28). The van der Waals surface area contributed by atoms with E-state index in [2.05, 4.69) is 17.4 Å². The summed E-state index contributed by atoms with van der Waals surface area (Å²) in [6.07, 6.45) is -0.269. The molecule has 0 saturated carbocycles. The van der Waals surface area contributed by atoms with Crippen LogP contribution in [0.25, 0.3) is 0 Å². The number of anilines is 1. The lowest BCUT2D eigenvalue weighted by Gasteiger charge is -2.29. The summed E-state index contributed by atoms with van der Waals surface area (Å²) in [4.78, 5) is 17.9. The summed E-state index contributed by atoms with van der Waals surface area (Å²) in [7, 11) is 3.20. The van der Waals surface area contributed by atoms with Gasteiger partial charge in [-0.25, -0.2) is 9.48 Å². The van der Waals surface area contributed by atoms with E-state index in [4.69, 9.17) is 24.3 Å². The van der Waals surface area contributed by atoms with Crippen LogP contribution in [-0.4, -0.2) is 41.1 Å². The lowest BCUT2D eigenvalue weighted by molar-refractivity contribution is -0.143. The second-order valence-electron chi connectivity index (χ2n) is 8.06. The number of nitrogens with zero attached hydrogens (tertiary/aromatic N) is 3. The number of fused-ring (bicyclic) bond motifs is 1. The molecule has 178 valence electrons. The Balaban J connectivity index is 1.78. The number of methoxy groups -OCH3 is 2. The van der Waals surface area contributed by atoms with Crippen LogP contribution >= 0.6 is 11.8 Å². The zero-order valence-electron chi connectivity index (χ0n) is 19.9. The van der Waals surface area contributed by atoms with E-state index in [1.807, 2.05) is 57.2 Å². The van der Waals surface area contributed by atoms with Gasteiger partial charge in [0.25, 0.3) is 0 Å². The molecule has 1 atom stereocenters. The monoisotopic (exact) mass is 480 g/mol. The van der Waals surface area contributed by atoms with E-state index in [0.717, 1.165) is 11.3 Å². The van der Waals surface area contributed by atoms with Crippen LogP contribution in [0.4, 0.5) is 5.95 Å². The number of nitrogens with one attached hydrogen (secondary N) is 1. The second-order valence-corrected chi connectivity index (χ2v) is 9.01. The van der Waals surface area contributed by atoms with Crippen molar-refractivity contribution in [3.63, 3.8) is 0 Å². The first-order valence-electron chi connectivity index (χ1n) is 10.9. The van der Waals surface area contributed by atoms with Crippen LogP contribution in [0.2, 0.25) is 0 Å². The molecule has 0 radical (unpaired) electrons. The number of hydrogen-bond donors (Lipinski definition) is 1. The zero-order valence-corrected chi connectivity index (χ0v) is 20.7. The third-order valence-electron chi connectivity index (χ3n) is 5.34. The van der Waals surface area contributed by atoms with E-state index >= 15 is 0 Å². The normalized spacial score (nSPS) is 15.1. The number of ether oxygens (including phenoxy) is 3. The Labute approximate surface area is 203 Å². The van der Waals surface area contributed by atoms with Crippen LogP contribution in [0.5, 0.6) is 11.5 Å². The SMILES string of the molecule is COc1ccc(OC)c(C2C(C(=O)OC(C)C)=C(C)Nc3nc(SCc4ccccc4)nn32)c1. The second kappa shape index (κ2) is 10.2. The average molecular weight is 481 g/mol. The van der Waals surface area contributed by atoms with Crippen LogP contribution in [-0.2, 0) is 15.3 Å². The third kappa shape index (κ3) is 4.89. The molecule has 1 N–H and O–H groups in total. The smallest absolute Gasteiger partial charge is 0.338 e. The maximum absolute atomic E-state index is 13.2. The fourth-order valence-electron chi connectivity index (χ4n) is 3.80. The number of aromatic nitrogens is 3. The molecule has 8 nitrogen and oxygen atoms in total. The average Bonchev–Trinajstić information content (AvgIpc) is 3.24. The van der Waals surface area contributed by atoms with E-state index in [-0.39, 0.29) is 6.10 Å². The Morgan fingerprint density at radius 2 is 1.91 bits per heavy atom. The van der Waals surface area contributed by atoms with Gasteiger partial charge in [0.2, 0.25) is 11.1 Å². The Morgan fingerprint density at radius 1 is 1.15 bits per heavy atom. The molecule has 1 unspecified atom stereocenters. The molecule has 3 aromatic rings. The van der Waals surface area contributed by atoms with E-state index in [1.54, 1.807) is 18.9 Å². The summed E-state index contributed by atoms with van der Waals surface area (Å²) in [5.41, 5.74) is 3.00. The highest BCUT2D eigenvalue weighted by molar-refractivity contribution is 7.98. The van der Waals surface area contributed by atoms with Crippen LogP contribution in [0.15, 0.2) is 65.0 Å². The summed E-state index contributed by atoms with van der Waals surface area (Å²) in [6, 6.07) is 15.0. The van der Waals surface area contributed by atoms with Gasteiger partial charge in [-0.05, 0) is 44.5 Å². The van der Waals surface area contributed by atoms with E-state index in [0.29, 0.717) is 33.9 Å². The number of benzene rings is 2. The van der Waals surface area contributed by atoms with Gasteiger partial charge in [0.05, 0.1) is 25.9 Å². The largest absolute Gasteiger partial charge is 0.497 e. The van der Waals surface area contributed by atoms with Crippen molar-refractivity contribution < 1.29 is 19.0 Å². The first-order chi connectivity index (χ1) is 16.4. The molecule has 4 rings (SSSR count). The van der Waals surface area contributed by atoms with Gasteiger partial charge in [0.15, 0.2) is 0 Å². The van der Waals surface area contributed by atoms with Gasteiger partial charge in [0.1, 0.15) is 17.5 Å². The predicted molar refractivity (Wildman–Crippen MR) is 131 cm³/mol. The summed E-state index contributed by atoms with van der Waals surface area (Å²) < 4.78 is 18.4. The number of thioether (sulfide) groups is 1. The number of rotatable bonds is 8. The van der Waals surface area contributed by atoms with Gasteiger partial charge in [-0.1, -0.05) is 42.1 Å². The predicted octanol–water partition coefficient (Wildman–Crippen LogP) is 4.83. The molecule has 0 amide bonds. The number of hydrogen-bond acceptors (Lipinski definition) is 8. The summed E-state index contributed by atoms with van der Waals surface area (Å²) in [6.45, 7) is 5.49. The molecule has 1 aromatic heterocycles. The molecule has 0 fully saturated rings. The molecule has 0 bridgehead atoms. The van der Waals surface area contributed by atoms with Crippen molar-refractivity contribution in [2.24, 2.45) is 0 Å². The highest BCUT2D eigenvalue weighted by atomic mass is 32.2. The highest BCUT2D eigenvalue weighted by Crippen LogP contribution is 2.41. The lowest BCUT2D eigenvalue weighted by atomic mass is 9.94. The van der Waals surface area contributed by atoms with Crippen molar-refractivity contribution >= 4 is 23.7 Å². The van der Waals surface area contributed by atoms with Gasteiger partial charge >= 0.3 is 5.97 Å². The first kappa shape index (κ1) is 23.7. The molecule has 0 spiro atoms. The molecule has 2 heterocycles. The molecule has 34 heavy (non-hydrogen) atoms. The Hall–Kier alpha value is -3.46. The van der Waals surface area contributed by atoms with Gasteiger partial charge in [-0.2, -0.15) is 4.98 Å². The van der Waals surface area contributed by atoms with Crippen molar-refractivity contribution in [2.45, 2.75) is 43.8 Å². The number of carbonyl (C=O) groups is 1. The Bertz CT molecular complexity index is 1210. The molecule has 0 saturated heterocycles. The minimum Gasteiger partial charge on any atom is -0.497 e. The van der Waals surface area contributed by atoms with E-state index in [9.17, 15) is 4.79 Å². The van der Waals surface area contributed by atoms with Crippen molar-refractivity contribution in [1.82, 2.24) is 14.8 Å². The Kier molecular flexibility index (Phi) is 7.12. The molecule has 1 aliphatic rings. The van der Waals surface area contributed by atoms with Crippen molar-refractivity contribution in [1.29, 1.82) is 0 Å². The number of allylic oxidation sites excluding steroid dienone is 1. The first-order valence-corrected chi connectivity index (χ1v) is 11.9. The van der Waals surface area contributed by atoms with Crippen LogP contribution < -0.4 is 14.8 Å². The van der Waals surface area contributed by atoms with Crippen molar-refractivity contribution in [2.75, 3.05) is 19.5 Å². The third-order valence-corrected chi connectivity index (χ3v) is 6.25. The molecule has 9 heteroatoms. The van der Waals surface area contributed by atoms with Crippen molar-refractivity contribution in [3.05, 3.63) is 70.9 Å². The summed E-state index contributed by atoms with van der Waals surface area (Å²) in [5, 5.41) is 8.60. The van der Waals surface area contributed by atoms with E-state index in [1.165, 1.54) is 17.3 Å². The topological polar surface area (TPSA) is 87.5 Å². The van der Waals surface area contributed by atoms with E-state index < -0.39 is 12.0 Å². The molecular weight excluding hydrogens is 452 g/mol. The highest BCUT2D eigenvalue weighted by Gasteiger charge is 2.37. The molecule has 2 aromatic carbocycles. The molecule has 0 aliphatic carbocycles. The maximum Gasteiger partial charge on any atom is 0.338 e. The minimum absolute atomic E-state index is 0.269. The fraction of sp³-hybridized carbons (Fsp3) is 0.320. The van der Waals surface area contributed by atoms with Crippen LogP contribution in [0.3, 0.4) is 0 Å². The molecule has 1 aliphatic heterocycles. The lowest BCUT2D eigenvalue weighted by Crippen LogP contribution is -2.30. The van der Waals surface area contributed by atoms with Gasteiger partial charge in [-0.15, -0.1) is 5.10 Å². The molecular formula is C25H28N4O4S. The van der Waals surface area contributed by atoms with Gasteiger partial charge < -0.3 is 19.5 Å². The quantitative estimate of drug-likeness (QED) is 0.362. The van der Waals surface area contributed by atoms with Gasteiger partial charge in [0, 0.05) is 17.0 Å². The van der Waals surface area contributed by atoms with Crippen LogP contribution in [0.1, 0.15) is 37.9 Å². The maximum atomic E-state index is 13.2. The van der Waals surface area contributed by atoms with Crippen LogP contribution in [0, 0.1) is 0 Å². The zero-order chi connectivity index (χ0) is 24.2. The number of esters is 1. The Morgan fingerprint density at radius 3 is 2.59 bits per heavy atom. The summed E-state index contributed by atoms with van der Waals surface area (Å²) in [5.74, 6) is 2.10. The van der Waals surface area contributed by atoms with Crippen molar-refractivity contribution in [3.8, 4) is 11.5 Å². The van der Waals surface area contributed by atoms with Gasteiger partial charge in [-0.3, -0.25) is 0 Å². The summed E-state index contributed by atoms with van der Waals surface area (Å²) >= 11 is 1.53.